The molecule has 0 aliphatic rings. The minimum atomic E-state index is -1.20. The van der Waals surface area contributed by atoms with Crippen LogP contribution in [-0.4, -0.2) is 11.1 Å². The first kappa shape index (κ1) is 10.7. The summed E-state index contributed by atoms with van der Waals surface area (Å²) in [5, 5.41) is 17.2. The Bertz CT molecular complexity index is 432. The molecule has 70 valence electrons. The topological polar surface area (TPSA) is 61.1 Å². The molecular formula is C10H6INO2. The number of nitriles is 1. The highest BCUT2D eigenvalue weighted by atomic mass is 127. The third-order valence-electron chi connectivity index (χ3n) is 1.56. The van der Waals surface area contributed by atoms with E-state index in [2.05, 4.69) is 22.6 Å². The molecule has 0 aromatic heterocycles. The standard InChI is InChI=1S/C10H6INO2/c11-9-4-2-1-3-7(9)5-8(6-12)10(13)14/h1-5H,(H,13,14). The van der Waals surface area contributed by atoms with E-state index < -0.39 is 5.97 Å². The molecule has 0 heterocycles. The Hall–Kier alpha value is -1.35. The molecule has 14 heavy (non-hydrogen) atoms. The van der Waals surface area contributed by atoms with Crippen LogP contribution in [0.3, 0.4) is 0 Å². The van der Waals surface area contributed by atoms with Crippen molar-refractivity contribution in [2.24, 2.45) is 0 Å². The number of hydrogen-bond acceptors (Lipinski definition) is 2. The maximum atomic E-state index is 10.6. The van der Waals surface area contributed by atoms with Gasteiger partial charge in [-0.1, -0.05) is 18.2 Å². The number of benzene rings is 1. The fraction of sp³-hybridized carbons (Fsp3) is 0. The van der Waals surface area contributed by atoms with Crippen molar-refractivity contribution in [3.8, 4) is 6.07 Å². The maximum absolute atomic E-state index is 10.6. The van der Waals surface area contributed by atoms with Gasteiger partial charge in [-0.15, -0.1) is 0 Å². The molecule has 4 heteroatoms. The number of carbonyl (C=O) groups is 1. The zero-order chi connectivity index (χ0) is 10.6. The fourth-order valence-corrected chi connectivity index (χ4v) is 1.43. The molecule has 0 bridgehead atoms. The lowest BCUT2D eigenvalue weighted by atomic mass is 10.1. The van der Waals surface area contributed by atoms with Crippen molar-refractivity contribution in [1.29, 1.82) is 5.26 Å². The molecular weight excluding hydrogens is 293 g/mol. The summed E-state index contributed by atoms with van der Waals surface area (Å²) in [7, 11) is 0. The Morgan fingerprint density at radius 3 is 2.64 bits per heavy atom. The van der Waals surface area contributed by atoms with E-state index in [0.717, 1.165) is 9.13 Å². The smallest absolute Gasteiger partial charge is 0.346 e. The van der Waals surface area contributed by atoms with Crippen molar-refractivity contribution >= 4 is 34.6 Å². The number of hydrogen-bond donors (Lipinski definition) is 1. The molecule has 0 saturated heterocycles. The molecule has 0 saturated carbocycles. The summed E-state index contributed by atoms with van der Waals surface area (Å²) < 4.78 is 0.916. The SMILES string of the molecule is N#CC(=Cc1ccccc1I)C(=O)O. The van der Waals surface area contributed by atoms with Crippen LogP contribution in [0.1, 0.15) is 5.56 Å². The second-order valence-electron chi connectivity index (χ2n) is 2.50. The highest BCUT2D eigenvalue weighted by Crippen LogP contribution is 2.14. The summed E-state index contributed by atoms with van der Waals surface area (Å²) in [5.41, 5.74) is 0.487. The Balaban J connectivity index is 3.15. The minimum absolute atomic E-state index is 0.255. The molecule has 0 radical (unpaired) electrons. The van der Waals surface area contributed by atoms with Gasteiger partial charge in [0, 0.05) is 3.57 Å². The average Bonchev–Trinajstić information content (AvgIpc) is 2.16. The molecule has 3 nitrogen and oxygen atoms in total. The summed E-state index contributed by atoms with van der Waals surface area (Å²) >= 11 is 2.09. The lowest BCUT2D eigenvalue weighted by Gasteiger charge is -1.97. The van der Waals surface area contributed by atoms with Crippen LogP contribution in [0.2, 0.25) is 0 Å². The van der Waals surface area contributed by atoms with Crippen LogP contribution in [0.25, 0.3) is 6.08 Å². The van der Waals surface area contributed by atoms with Gasteiger partial charge in [0.1, 0.15) is 11.6 Å². The summed E-state index contributed by atoms with van der Waals surface area (Å²) in [6.45, 7) is 0. The van der Waals surface area contributed by atoms with Crippen molar-refractivity contribution in [2.45, 2.75) is 0 Å². The normalized spacial score (nSPS) is 10.7. The third kappa shape index (κ3) is 2.57. The largest absolute Gasteiger partial charge is 0.477 e. The van der Waals surface area contributed by atoms with Crippen molar-refractivity contribution in [3.05, 3.63) is 39.0 Å². The van der Waals surface area contributed by atoms with Gasteiger partial charge in [0.15, 0.2) is 0 Å². The predicted octanol–water partition coefficient (Wildman–Crippen LogP) is 2.28. The van der Waals surface area contributed by atoms with E-state index in [1.807, 2.05) is 12.1 Å². The first-order valence-corrected chi connectivity index (χ1v) is 4.82. The van der Waals surface area contributed by atoms with Crippen LogP contribution in [0.4, 0.5) is 0 Å². The summed E-state index contributed by atoms with van der Waals surface area (Å²) in [5.74, 6) is -1.20. The molecule has 0 aliphatic carbocycles. The summed E-state index contributed by atoms with van der Waals surface area (Å²) in [6, 6.07) is 8.90. The molecule has 0 amide bonds. The molecule has 0 atom stereocenters. The van der Waals surface area contributed by atoms with Crippen molar-refractivity contribution in [1.82, 2.24) is 0 Å². The van der Waals surface area contributed by atoms with Gasteiger partial charge in [0.2, 0.25) is 0 Å². The van der Waals surface area contributed by atoms with Crippen LogP contribution in [0, 0.1) is 14.9 Å². The fourth-order valence-electron chi connectivity index (χ4n) is 0.889. The molecule has 1 N–H and O–H groups in total. The van der Waals surface area contributed by atoms with Crippen molar-refractivity contribution < 1.29 is 9.90 Å². The van der Waals surface area contributed by atoms with E-state index in [9.17, 15) is 4.79 Å². The maximum Gasteiger partial charge on any atom is 0.346 e. The van der Waals surface area contributed by atoms with E-state index >= 15 is 0 Å². The monoisotopic (exact) mass is 299 g/mol. The van der Waals surface area contributed by atoms with Gasteiger partial charge < -0.3 is 5.11 Å². The number of nitrogens with zero attached hydrogens (tertiary/aromatic N) is 1. The van der Waals surface area contributed by atoms with Gasteiger partial charge >= 0.3 is 5.97 Å². The molecule has 1 aromatic rings. The third-order valence-corrected chi connectivity index (χ3v) is 2.54. The van der Waals surface area contributed by atoms with Gasteiger partial charge in [-0.05, 0) is 40.3 Å². The van der Waals surface area contributed by atoms with Gasteiger partial charge in [-0.3, -0.25) is 0 Å². The predicted molar refractivity (Wildman–Crippen MR) is 60.4 cm³/mol. The van der Waals surface area contributed by atoms with E-state index in [1.165, 1.54) is 6.08 Å². The second-order valence-corrected chi connectivity index (χ2v) is 3.66. The molecule has 1 aromatic carbocycles. The van der Waals surface area contributed by atoms with Crippen molar-refractivity contribution in [3.63, 3.8) is 0 Å². The number of carboxylic acid groups (broad SMARTS) is 1. The molecule has 0 unspecified atom stereocenters. The highest BCUT2D eigenvalue weighted by Gasteiger charge is 2.06. The summed E-state index contributed by atoms with van der Waals surface area (Å²) in [4.78, 5) is 10.6. The molecule has 0 fully saturated rings. The number of rotatable bonds is 2. The first-order valence-electron chi connectivity index (χ1n) is 3.75. The number of aliphatic carboxylic acids is 1. The number of halogens is 1. The Labute approximate surface area is 94.8 Å². The van der Waals surface area contributed by atoms with Crippen LogP contribution in [0.5, 0.6) is 0 Å². The van der Waals surface area contributed by atoms with E-state index in [0.29, 0.717) is 0 Å². The van der Waals surface area contributed by atoms with Crippen molar-refractivity contribution in [2.75, 3.05) is 0 Å². The molecule has 0 spiro atoms. The first-order chi connectivity index (χ1) is 6.65. The van der Waals surface area contributed by atoms with Gasteiger partial charge in [0.25, 0.3) is 0 Å². The lowest BCUT2D eigenvalue weighted by Crippen LogP contribution is -1.97. The van der Waals surface area contributed by atoms with Crippen LogP contribution < -0.4 is 0 Å². The van der Waals surface area contributed by atoms with Crippen LogP contribution in [-0.2, 0) is 4.79 Å². The van der Waals surface area contributed by atoms with E-state index in [-0.39, 0.29) is 5.57 Å². The minimum Gasteiger partial charge on any atom is -0.477 e. The average molecular weight is 299 g/mol. The summed E-state index contributed by atoms with van der Waals surface area (Å²) in [6.07, 6.45) is 1.37. The molecule has 0 aliphatic heterocycles. The number of carboxylic acids is 1. The zero-order valence-corrected chi connectivity index (χ0v) is 9.22. The molecule has 1 rings (SSSR count). The highest BCUT2D eigenvalue weighted by molar-refractivity contribution is 14.1. The Morgan fingerprint density at radius 2 is 2.14 bits per heavy atom. The van der Waals surface area contributed by atoms with Gasteiger partial charge in [0.05, 0.1) is 0 Å². The lowest BCUT2D eigenvalue weighted by molar-refractivity contribution is -0.132. The van der Waals surface area contributed by atoms with Crippen LogP contribution >= 0.6 is 22.6 Å². The van der Waals surface area contributed by atoms with E-state index in [1.54, 1.807) is 18.2 Å². The van der Waals surface area contributed by atoms with E-state index in [4.69, 9.17) is 10.4 Å². The quantitative estimate of drug-likeness (QED) is 0.518. The zero-order valence-electron chi connectivity index (χ0n) is 7.07. The van der Waals surface area contributed by atoms with Gasteiger partial charge in [-0.2, -0.15) is 5.26 Å². The Morgan fingerprint density at radius 1 is 1.50 bits per heavy atom. The second kappa shape index (κ2) is 4.77. The van der Waals surface area contributed by atoms with Crippen LogP contribution in [0.15, 0.2) is 29.8 Å². The van der Waals surface area contributed by atoms with Gasteiger partial charge in [-0.25, -0.2) is 4.79 Å². The Kier molecular flexibility index (Phi) is 3.65.